The molecule has 0 atom stereocenters. The number of hydrogen-bond acceptors (Lipinski definition) is 5. The number of phenolic OH excluding ortho intramolecular Hbond substituents is 1. The van der Waals surface area contributed by atoms with E-state index < -0.39 is 0 Å². The fourth-order valence-electron chi connectivity index (χ4n) is 1.28. The fraction of sp³-hybridized carbons (Fsp3) is 0.100. The third-order valence-corrected chi connectivity index (χ3v) is 2.86. The number of methoxy groups -OCH3 is 1. The van der Waals surface area contributed by atoms with E-state index in [4.69, 9.17) is 28.6 Å². The quantitative estimate of drug-likeness (QED) is 0.669. The second-order valence-electron chi connectivity index (χ2n) is 3.27. The molecule has 0 spiro atoms. The molecule has 6 nitrogen and oxygen atoms in total. The summed E-state index contributed by atoms with van der Waals surface area (Å²) in [4.78, 5) is 0. The van der Waals surface area contributed by atoms with E-state index in [0.29, 0.717) is 16.1 Å². The van der Waals surface area contributed by atoms with Crippen molar-refractivity contribution < 1.29 is 9.84 Å². The summed E-state index contributed by atoms with van der Waals surface area (Å²) in [5, 5.41) is 20.2. The maximum absolute atomic E-state index is 9.73. The second-order valence-corrected chi connectivity index (χ2v) is 4.03. The molecule has 0 aliphatic rings. The van der Waals surface area contributed by atoms with Gasteiger partial charge in [-0.2, -0.15) is 14.9 Å². The molecule has 0 saturated heterocycles. The molecule has 0 radical (unpaired) electrons. The van der Waals surface area contributed by atoms with Gasteiger partial charge >= 0.3 is 0 Å². The summed E-state index contributed by atoms with van der Waals surface area (Å²) in [6.07, 6.45) is 2.89. The van der Waals surface area contributed by atoms with E-state index in [0.717, 1.165) is 0 Å². The number of ether oxygens (including phenoxy) is 1. The van der Waals surface area contributed by atoms with Crippen molar-refractivity contribution >= 4 is 30.0 Å². The predicted octanol–water partition coefficient (Wildman–Crippen LogP) is 2.19. The zero-order valence-electron chi connectivity index (χ0n) is 9.29. The number of halogens is 1. The molecule has 2 aromatic rings. The van der Waals surface area contributed by atoms with E-state index in [1.54, 1.807) is 12.1 Å². The summed E-state index contributed by atoms with van der Waals surface area (Å²) in [6.45, 7) is 0. The van der Waals surface area contributed by atoms with Crippen LogP contribution in [0.4, 0.5) is 0 Å². The van der Waals surface area contributed by atoms with Crippen LogP contribution in [-0.2, 0) is 0 Å². The standard InChI is InChI=1S/C10H9ClN4O2S/c1-17-7-3-2-6(8(11)9(7)16)4-13-15-5-12-14-10(15)18/h2-5,16H,1H3,(H,14,18)/b13-4-. The van der Waals surface area contributed by atoms with Crippen LogP contribution in [0, 0.1) is 4.77 Å². The van der Waals surface area contributed by atoms with Gasteiger partial charge in [-0.25, -0.2) is 0 Å². The summed E-state index contributed by atoms with van der Waals surface area (Å²) in [7, 11) is 1.45. The maximum atomic E-state index is 9.73. The molecule has 0 aliphatic carbocycles. The summed E-state index contributed by atoms with van der Waals surface area (Å²) < 4.78 is 6.66. The molecule has 8 heteroatoms. The molecule has 2 N–H and O–H groups in total. The van der Waals surface area contributed by atoms with Crippen molar-refractivity contribution in [3.63, 3.8) is 0 Å². The zero-order valence-corrected chi connectivity index (χ0v) is 10.9. The lowest BCUT2D eigenvalue weighted by molar-refractivity contribution is 0.373. The van der Waals surface area contributed by atoms with Gasteiger partial charge in [0.15, 0.2) is 11.5 Å². The number of rotatable bonds is 3. The van der Waals surface area contributed by atoms with Crippen molar-refractivity contribution in [2.24, 2.45) is 5.10 Å². The van der Waals surface area contributed by atoms with E-state index in [1.165, 1.54) is 24.3 Å². The van der Waals surface area contributed by atoms with E-state index in [1.807, 2.05) is 0 Å². The van der Waals surface area contributed by atoms with Gasteiger partial charge in [-0.3, -0.25) is 5.10 Å². The van der Waals surface area contributed by atoms with Crippen LogP contribution in [0.1, 0.15) is 5.56 Å². The van der Waals surface area contributed by atoms with Crippen molar-refractivity contribution in [2.75, 3.05) is 7.11 Å². The molecule has 0 bridgehead atoms. The summed E-state index contributed by atoms with van der Waals surface area (Å²) in [6, 6.07) is 3.27. The average molecular weight is 285 g/mol. The van der Waals surface area contributed by atoms with Crippen molar-refractivity contribution in [3.8, 4) is 11.5 Å². The molecule has 1 aromatic heterocycles. The van der Waals surface area contributed by atoms with E-state index >= 15 is 0 Å². The molecule has 0 amide bonds. The Hall–Kier alpha value is -1.86. The number of aromatic amines is 1. The van der Waals surface area contributed by atoms with Crippen LogP contribution in [0.15, 0.2) is 23.6 Å². The Morgan fingerprint density at radius 1 is 1.61 bits per heavy atom. The molecule has 0 aliphatic heterocycles. The number of benzene rings is 1. The molecular formula is C10H9ClN4O2S. The highest BCUT2D eigenvalue weighted by Gasteiger charge is 2.09. The number of hydrogen-bond donors (Lipinski definition) is 2. The first-order valence-corrected chi connectivity index (χ1v) is 5.64. The van der Waals surface area contributed by atoms with Crippen LogP contribution in [-0.4, -0.2) is 33.3 Å². The predicted molar refractivity (Wildman–Crippen MR) is 70.1 cm³/mol. The minimum absolute atomic E-state index is 0.126. The van der Waals surface area contributed by atoms with Crippen molar-refractivity contribution in [2.45, 2.75) is 0 Å². The van der Waals surface area contributed by atoms with Gasteiger partial charge in [0.25, 0.3) is 0 Å². The second kappa shape index (κ2) is 5.19. The zero-order chi connectivity index (χ0) is 13.1. The van der Waals surface area contributed by atoms with Crippen molar-refractivity contribution in [1.82, 2.24) is 14.9 Å². The number of aromatic nitrogens is 3. The highest BCUT2D eigenvalue weighted by atomic mass is 35.5. The summed E-state index contributed by atoms with van der Waals surface area (Å²) in [5.74, 6) is 0.177. The lowest BCUT2D eigenvalue weighted by Crippen LogP contribution is -1.92. The van der Waals surface area contributed by atoms with Gasteiger partial charge in [0.05, 0.1) is 18.3 Å². The first-order valence-electron chi connectivity index (χ1n) is 4.85. The normalized spacial score (nSPS) is 11.0. The third-order valence-electron chi connectivity index (χ3n) is 2.19. The van der Waals surface area contributed by atoms with E-state index in [-0.39, 0.29) is 10.8 Å². The smallest absolute Gasteiger partial charge is 0.216 e. The van der Waals surface area contributed by atoms with E-state index in [2.05, 4.69) is 15.3 Å². The van der Waals surface area contributed by atoms with Crippen molar-refractivity contribution in [3.05, 3.63) is 33.8 Å². The van der Waals surface area contributed by atoms with Crippen LogP contribution in [0.5, 0.6) is 11.5 Å². The summed E-state index contributed by atoms with van der Waals surface area (Å²) >= 11 is 10.9. The fourth-order valence-corrected chi connectivity index (χ4v) is 1.63. The Morgan fingerprint density at radius 3 is 3.00 bits per heavy atom. The Labute approximate surface area is 112 Å². The highest BCUT2D eigenvalue weighted by molar-refractivity contribution is 7.71. The molecule has 2 rings (SSSR count). The first-order chi connectivity index (χ1) is 8.63. The molecule has 0 fully saturated rings. The SMILES string of the molecule is COc1ccc(/C=N\n2cn[nH]c2=S)c(Cl)c1O. The number of nitrogens with zero attached hydrogens (tertiary/aromatic N) is 3. The van der Waals surface area contributed by atoms with Gasteiger partial charge in [0, 0.05) is 5.56 Å². The minimum Gasteiger partial charge on any atom is -0.503 e. The van der Waals surface area contributed by atoms with Crippen molar-refractivity contribution in [1.29, 1.82) is 0 Å². The van der Waals surface area contributed by atoms with Crippen LogP contribution in [0.2, 0.25) is 5.02 Å². The number of aromatic hydroxyl groups is 1. The molecular weight excluding hydrogens is 276 g/mol. The van der Waals surface area contributed by atoms with Gasteiger partial charge < -0.3 is 9.84 Å². The Balaban J connectivity index is 2.36. The van der Waals surface area contributed by atoms with E-state index in [9.17, 15) is 5.11 Å². The van der Waals surface area contributed by atoms with Crippen LogP contribution in [0.3, 0.4) is 0 Å². The van der Waals surface area contributed by atoms with Gasteiger partial charge in [-0.05, 0) is 24.4 Å². The van der Waals surface area contributed by atoms with Gasteiger partial charge in [0.1, 0.15) is 6.33 Å². The Morgan fingerprint density at radius 2 is 2.39 bits per heavy atom. The molecule has 1 aromatic carbocycles. The largest absolute Gasteiger partial charge is 0.503 e. The molecule has 94 valence electrons. The van der Waals surface area contributed by atoms with Crippen LogP contribution < -0.4 is 4.74 Å². The summed E-state index contributed by atoms with van der Waals surface area (Å²) in [5.41, 5.74) is 0.540. The maximum Gasteiger partial charge on any atom is 0.216 e. The minimum atomic E-state index is -0.126. The number of H-pyrrole nitrogens is 1. The number of phenols is 1. The molecule has 1 heterocycles. The lowest BCUT2D eigenvalue weighted by atomic mass is 10.2. The average Bonchev–Trinajstić information content (AvgIpc) is 2.77. The first kappa shape index (κ1) is 12.6. The molecule has 18 heavy (non-hydrogen) atoms. The highest BCUT2D eigenvalue weighted by Crippen LogP contribution is 2.35. The van der Waals surface area contributed by atoms with Crippen LogP contribution >= 0.6 is 23.8 Å². The van der Waals surface area contributed by atoms with Gasteiger partial charge in [-0.15, -0.1) is 0 Å². The van der Waals surface area contributed by atoms with Crippen LogP contribution in [0.25, 0.3) is 0 Å². The van der Waals surface area contributed by atoms with Gasteiger partial charge in [0.2, 0.25) is 4.77 Å². The Kier molecular flexibility index (Phi) is 3.63. The molecule has 0 saturated carbocycles. The lowest BCUT2D eigenvalue weighted by Gasteiger charge is -2.06. The monoisotopic (exact) mass is 284 g/mol. The Bertz CT molecular complexity index is 650. The number of nitrogens with one attached hydrogen (secondary N) is 1. The molecule has 0 unspecified atom stereocenters. The third kappa shape index (κ3) is 2.36. The topological polar surface area (TPSA) is 75.4 Å². The van der Waals surface area contributed by atoms with Gasteiger partial charge in [-0.1, -0.05) is 11.6 Å².